The zero-order valence-corrected chi connectivity index (χ0v) is 18.3. The molecule has 1 heterocycles. The maximum atomic E-state index is 13.4. The summed E-state index contributed by atoms with van der Waals surface area (Å²) in [5.74, 6) is -2.84. The zero-order valence-electron chi connectivity index (χ0n) is 18.3. The Kier molecular flexibility index (Phi) is 7.03. The summed E-state index contributed by atoms with van der Waals surface area (Å²) in [6, 6.07) is 8.99. The highest BCUT2D eigenvalue weighted by molar-refractivity contribution is 6.00. The molecule has 1 aromatic heterocycles. The van der Waals surface area contributed by atoms with Gasteiger partial charge in [-0.25, -0.2) is 13.8 Å². The van der Waals surface area contributed by atoms with E-state index in [1.165, 1.54) is 0 Å². The van der Waals surface area contributed by atoms with Gasteiger partial charge in [0.15, 0.2) is 6.10 Å². The first-order valence-corrected chi connectivity index (χ1v) is 10.2. The summed E-state index contributed by atoms with van der Waals surface area (Å²) < 4.78 is 26.8. The number of amides is 2. The highest BCUT2D eigenvalue weighted by Gasteiger charge is 2.20. The van der Waals surface area contributed by atoms with Crippen molar-refractivity contribution in [3.05, 3.63) is 77.0 Å². The number of aliphatic hydroxyl groups is 1. The summed E-state index contributed by atoms with van der Waals surface area (Å²) in [5.41, 5.74) is 8.46. The second kappa shape index (κ2) is 9.74. The van der Waals surface area contributed by atoms with Gasteiger partial charge in [-0.15, -0.1) is 0 Å². The number of halogens is 2. The van der Waals surface area contributed by atoms with Crippen LogP contribution in [0.2, 0.25) is 0 Å². The molecule has 1 unspecified atom stereocenters. The Morgan fingerprint density at radius 1 is 1.06 bits per heavy atom. The maximum absolute atomic E-state index is 13.4. The van der Waals surface area contributed by atoms with E-state index in [2.05, 4.69) is 15.6 Å². The van der Waals surface area contributed by atoms with Crippen molar-refractivity contribution < 1.29 is 23.5 Å². The third-order valence-corrected chi connectivity index (χ3v) is 4.84. The lowest BCUT2D eigenvalue weighted by atomic mass is 9.99. The fourth-order valence-electron chi connectivity index (χ4n) is 3.30. The van der Waals surface area contributed by atoms with Crippen LogP contribution < -0.4 is 16.4 Å². The standard InChI is InChI=1S/C24H24F2N4O3/c1-12(2)29-23(32)20-9-15(11-28-22(20)27)19-5-4-18(6-13(19)3)30-24(33)21(31)14-7-16(25)10-17(26)8-14/h4-12,21,31H,1-3H3,(H2,27,28)(H,29,32)(H,30,33). The quantitative estimate of drug-likeness (QED) is 0.453. The Morgan fingerprint density at radius 2 is 1.73 bits per heavy atom. The normalized spacial score (nSPS) is 11.8. The number of carbonyl (C=O) groups excluding carboxylic acids is 2. The Hall–Kier alpha value is -3.85. The lowest BCUT2D eigenvalue weighted by molar-refractivity contribution is -0.124. The van der Waals surface area contributed by atoms with Crippen LogP contribution >= 0.6 is 0 Å². The van der Waals surface area contributed by atoms with Crippen LogP contribution in [0.1, 0.15) is 41.4 Å². The molecule has 0 radical (unpaired) electrons. The Labute approximate surface area is 189 Å². The Bertz CT molecular complexity index is 1190. The van der Waals surface area contributed by atoms with Gasteiger partial charge in [-0.2, -0.15) is 0 Å². The summed E-state index contributed by atoms with van der Waals surface area (Å²) >= 11 is 0. The van der Waals surface area contributed by atoms with Gasteiger partial charge >= 0.3 is 0 Å². The second-order valence-corrected chi connectivity index (χ2v) is 7.91. The molecule has 172 valence electrons. The number of hydrogen-bond donors (Lipinski definition) is 4. The number of nitrogens with one attached hydrogen (secondary N) is 2. The van der Waals surface area contributed by atoms with E-state index in [0.29, 0.717) is 17.3 Å². The largest absolute Gasteiger partial charge is 0.383 e. The van der Waals surface area contributed by atoms with Crippen molar-refractivity contribution in [2.75, 3.05) is 11.1 Å². The van der Waals surface area contributed by atoms with Crippen LogP contribution in [0.5, 0.6) is 0 Å². The second-order valence-electron chi connectivity index (χ2n) is 7.91. The van der Waals surface area contributed by atoms with Gasteiger partial charge in [-0.1, -0.05) is 6.07 Å². The van der Waals surface area contributed by atoms with Crippen LogP contribution in [0.4, 0.5) is 20.3 Å². The minimum Gasteiger partial charge on any atom is -0.383 e. The van der Waals surface area contributed by atoms with Crippen LogP contribution in [0, 0.1) is 18.6 Å². The minimum atomic E-state index is -1.75. The zero-order chi connectivity index (χ0) is 24.3. The molecule has 9 heteroatoms. The molecule has 0 saturated heterocycles. The third-order valence-electron chi connectivity index (χ3n) is 4.84. The van der Waals surface area contributed by atoms with E-state index in [4.69, 9.17) is 5.73 Å². The summed E-state index contributed by atoms with van der Waals surface area (Å²) in [5, 5.41) is 15.5. The van der Waals surface area contributed by atoms with Crippen molar-refractivity contribution in [1.29, 1.82) is 0 Å². The predicted octanol–water partition coefficient (Wildman–Crippen LogP) is 3.73. The van der Waals surface area contributed by atoms with Crippen molar-refractivity contribution in [1.82, 2.24) is 10.3 Å². The highest BCUT2D eigenvalue weighted by Crippen LogP contribution is 2.28. The molecule has 0 fully saturated rings. The van der Waals surface area contributed by atoms with Gasteiger partial charge in [0.05, 0.1) is 5.56 Å². The molecule has 0 aliphatic rings. The van der Waals surface area contributed by atoms with Crippen LogP contribution in [0.15, 0.2) is 48.7 Å². The lowest BCUT2D eigenvalue weighted by Gasteiger charge is -2.15. The number of nitrogens with zero attached hydrogens (tertiary/aromatic N) is 1. The lowest BCUT2D eigenvalue weighted by Crippen LogP contribution is -2.30. The van der Waals surface area contributed by atoms with Gasteiger partial charge < -0.3 is 21.5 Å². The molecular weight excluding hydrogens is 430 g/mol. The number of nitrogens with two attached hydrogens (primary N) is 1. The monoisotopic (exact) mass is 454 g/mol. The average molecular weight is 454 g/mol. The summed E-state index contributed by atoms with van der Waals surface area (Å²) in [6.45, 7) is 5.47. The van der Waals surface area contributed by atoms with Crippen molar-refractivity contribution >= 4 is 23.3 Å². The average Bonchev–Trinajstić information content (AvgIpc) is 2.72. The van der Waals surface area contributed by atoms with Gasteiger partial charge in [0.2, 0.25) is 0 Å². The first-order valence-electron chi connectivity index (χ1n) is 10.2. The summed E-state index contributed by atoms with van der Waals surface area (Å²) in [7, 11) is 0. The van der Waals surface area contributed by atoms with Gasteiger partial charge in [-0.3, -0.25) is 9.59 Å². The van der Waals surface area contributed by atoms with Crippen LogP contribution in [-0.2, 0) is 4.79 Å². The van der Waals surface area contributed by atoms with Gasteiger partial charge in [0.25, 0.3) is 11.8 Å². The number of aliphatic hydroxyl groups excluding tert-OH is 1. The molecule has 7 nitrogen and oxygen atoms in total. The van der Waals surface area contributed by atoms with E-state index in [1.54, 1.807) is 37.4 Å². The molecule has 0 aliphatic carbocycles. The number of carbonyl (C=O) groups is 2. The molecule has 3 rings (SSSR count). The fraction of sp³-hybridized carbons (Fsp3) is 0.208. The highest BCUT2D eigenvalue weighted by atomic mass is 19.1. The van der Waals surface area contributed by atoms with Crippen molar-refractivity contribution in [3.8, 4) is 11.1 Å². The van der Waals surface area contributed by atoms with Crippen LogP contribution in [0.25, 0.3) is 11.1 Å². The molecule has 2 aromatic carbocycles. The molecule has 1 atom stereocenters. The van der Waals surface area contributed by atoms with E-state index in [0.717, 1.165) is 23.3 Å². The molecule has 0 saturated carbocycles. The van der Waals surface area contributed by atoms with E-state index in [1.807, 2.05) is 13.8 Å². The van der Waals surface area contributed by atoms with E-state index < -0.39 is 23.6 Å². The molecular formula is C24H24F2N4O3. The van der Waals surface area contributed by atoms with Crippen LogP contribution in [-0.4, -0.2) is 27.9 Å². The first kappa shape index (κ1) is 23.8. The first-order chi connectivity index (χ1) is 15.5. The SMILES string of the molecule is Cc1cc(NC(=O)C(O)c2cc(F)cc(F)c2)ccc1-c1cnc(N)c(C(=O)NC(C)C)c1. The molecule has 0 spiro atoms. The number of rotatable bonds is 6. The van der Waals surface area contributed by atoms with Crippen LogP contribution in [0.3, 0.4) is 0 Å². The summed E-state index contributed by atoms with van der Waals surface area (Å²) in [6.07, 6.45) is -0.205. The molecule has 3 aromatic rings. The van der Waals surface area contributed by atoms with E-state index in [9.17, 15) is 23.5 Å². The topological polar surface area (TPSA) is 117 Å². The van der Waals surface area contributed by atoms with Crippen molar-refractivity contribution in [2.24, 2.45) is 0 Å². The number of hydrogen-bond acceptors (Lipinski definition) is 5. The van der Waals surface area contributed by atoms with Crippen molar-refractivity contribution in [2.45, 2.75) is 32.9 Å². The number of aryl methyl sites for hydroxylation is 1. The molecule has 0 aliphatic heterocycles. The molecule has 33 heavy (non-hydrogen) atoms. The number of nitrogen functional groups attached to an aromatic ring is 1. The summed E-state index contributed by atoms with van der Waals surface area (Å²) in [4.78, 5) is 28.9. The minimum absolute atomic E-state index is 0.0654. The Balaban J connectivity index is 1.81. The fourth-order valence-corrected chi connectivity index (χ4v) is 3.30. The number of benzene rings is 2. The number of pyridine rings is 1. The molecule has 5 N–H and O–H groups in total. The van der Waals surface area contributed by atoms with Gasteiger partial charge in [0.1, 0.15) is 17.5 Å². The number of anilines is 2. The Morgan fingerprint density at radius 3 is 2.33 bits per heavy atom. The smallest absolute Gasteiger partial charge is 0.257 e. The number of aromatic nitrogens is 1. The van der Waals surface area contributed by atoms with E-state index >= 15 is 0 Å². The van der Waals surface area contributed by atoms with Gasteiger partial charge in [0, 0.05) is 29.6 Å². The predicted molar refractivity (Wildman–Crippen MR) is 121 cm³/mol. The molecule has 2 amide bonds. The maximum Gasteiger partial charge on any atom is 0.257 e. The van der Waals surface area contributed by atoms with Gasteiger partial charge in [-0.05, 0) is 67.8 Å². The molecule has 0 bridgehead atoms. The van der Waals surface area contributed by atoms with E-state index in [-0.39, 0.29) is 28.9 Å². The third kappa shape index (κ3) is 5.69. The van der Waals surface area contributed by atoms with Crippen molar-refractivity contribution in [3.63, 3.8) is 0 Å².